The summed E-state index contributed by atoms with van der Waals surface area (Å²) < 4.78 is 112. The van der Waals surface area contributed by atoms with Crippen molar-refractivity contribution in [2.75, 3.05) is 53.4 Å². The number of hydrogen-bond acceptors (Lipinski definition) is 8. The van der Waals surface area contributed by atoms with Crippen LogP contribution in [0.5, 0.6) is 0 Å². The highest BCUT2D eigenvalue weighted by Gasteiger charge is 2.34. The standard InChI is InChI=1S/2C9H20N2.2CH2F3NO2S/c2*1-4-5-6-11-8-7-10(3)9(11)2;2*2-1(3,4)8(5,6)7/h2*9H,4-8H2,1-3H3;2*(H2,5,6,7). The van der Waals surface area contributed by atoms with Crippen molar-refractivity contribution in [3.8, 4) is 0 Å². The third-order valence-corrected chi connectivity index (χ3v) is 7.61. The summed E-state index contributed by atoms with van der Waals surface area (Å²) in [6.45, 7) is 17.2. The normalized spacial score (nSPS) is 27.5. The van der Waals surface area contributed by atoms with Gasteiger partial charge in [0.1, 0.15) is 12.3 Å². The Hall–Kier alpha value is -0.760. The highest BCUT2D eigenvalue weighted by atomic mass is 32.2. The lowest BCUT2D eigenvalue weighted by Crippen LogP contribution is -3.14. The molecule has 2 heterocycles. The van der Waals surface area contributed by atoms with E-state index in [1.807, 2.05) is 0 Å². The Bertz CT molecular complexity index is 789. The second-order valence-corrected chi connectivity index (χ2v) is 12.2. The van der Waals surface area contributed by atoms with Crippen LogP contribution in [-0.4, -0.2) is 104 Å². The van der Waals surface area contributed by atoms with Crippen molar-refractivity contribution < 1.29 is 53.7 Å². The average Bonchev–Trinajstić information content (AvgIpc) is 3.24. The van der Waals surface area contributed by atoms with Crippen molar-refractivity contribution in [2.45, 2.75) is 76.7 Å². The molecule has 38 heavy (non-hydrogen) atoms. The van der Waals surface area contributed by atoms with Gasteiger partial charge in [-0.2, -0.15) is 26.3 Å². The molecular weight excluding hydrogens is 566 g/mol. The van der Waals surface area contributed by atoms with Crippen molar-refractivity contribution in [2.24, 2.45) is 0 Å². The minimum absolute atomic E-state index is 0.751. The number of unbranched alkanes of at least 4 members (excludes halogenated alkanes) is 2. The van der Waals surface area contributed by atoms with E-state index in [1.54, 1.807) is 9.80 Å². The first-order valence-electron chi connectivity index (χ1n) is 12.2. The summed E-state index contributed by atoms with van der Waals surface area (Å²) in [5.74, 6) is 0. The molecule has 6 unspecified atom stereocenters. The third kappa shape index (κ3) is 15.7. The van der Waals surface area contributed by atoms with Crippen molar-refractivity contribution in [3.05, 3.63) is 0 Å². The number of hydrogen-bond donors (Lipinski definition) is 4. The van der Waals surface area contributed by atoms with Crippen LogP contribution in [-0.2, 0) is 20.0 Å². The van der Waals surface area contributed by atoms with E-state index in [9.17, 15) is 43.9 Å². The summed E-state index contributed by atoms with van der Waals surface area (Å²) >= 11 is 0. The predicted octanol–water partition coefficient (Wildman–Crippen LogP) is 1.29. The molecule has 4 N–H and O–H groups in total. The van der Waals surface area contributed by atoms with Crippen LogP contribution in [0.15, 0.2) is 0 Å². The number of rotatable bonds is 6. The molecule has 0 bridgehead atoms. The molecule has 0 radical (unpaired) electrons. The fraction of sp³-hybridized carbons (Fsp3) is 1.00. The molecule has 2 aliphatic heterocycles. The molecule has 0 aromatic heterocycles. The summed E-state index contributed by atoms with van der Waals surface area (Å²) in [7, 11) is -6.73. The average molecular weight is 611 g/mol. The van der Waals surface area contributed by atoms with Crippen LogP contribution < -0.4 is 9.80 Å². The summed E-state index contributed by atoms with van der Waals surface area (Å²) in [6, 6.07) is 0. The van der Waals surface area contributed by atoms with Crippen LogP contribution in [0.1, 0.15) is 53.4 Å². The Morgan fingerprint density at radius 2 is 1.00 bits per heavy atom. The Morgan fingerprint density at radius 3 is 1.13 bits per heavy atom. The van der Waals surface area contributed by atoms with Crippen LogP contribution >= 0.6 is 0 Å². The van der Waals surface area contributed by atoms with E-state index in [0.29, 0.717) is 0 Å². The van der Waals surface area contributed by atoms with Crippen molar-refractivity contribution in [3.63, 3.8) is 0 Å². The lowest BCUT2D eigenvalue weighted by Gasteiger charge is -2.20. The van der Waals surface area contributed by atoms with Crippen molar-refractivity contribution >= 4 is 20.0 Å². The van der Waals surface area contributed by atoms with Crippen LogP contribution in [0.25, 0.3) is 0 Å². The molecule has 2 fully saturated rings. The molecule has 6 atom stereocenters. The number of nitrogens with zero attached hydrogens (tertiary/aromatic N) is 2. The van der Waals surface area contributed by atoms with Gasteiger partial charge >= 0.3 is 11.0 Å². The molecule has 0 saturated carbocycles. The third-order valence-electron chi connectivity index (χ3n) is 6.39. The lowest BCUT2D eigenvalue weighted by molar-refractivity contribution is -0.916. The van der Waals surface area contributed by atoms with Gasteiger partial charge in [-0.3, -0.25) is 27.8 Å². The van der Waals surface area contributed by atoms with Gasteiger partial charge in [0, 0.05) is 13.8 Å². The lowest BCUT2D eigenvalue weighted by atomic mass is 10.3. The molecule has 0 aromatic carbocycles. The topological polar surface area (TPSA) is 143 Å². The smallest absolute Gasteiger partial charge is 0.466 e. The zero-order valence-electron chi connectivity index (χ0n) is 22.8. The summed E-state index contributed by atoms with van der Waals surface area (Å²) in [5, 5.41) is 0. The zero-order chi connectivity index (χ0) is 30.5. The number of likely N-dealkylation sites (N-methyl/N-ethyl adjacent to an activating group) is 2. The number of alkyl halides is 6. The Labute approximate surface area is 223 Å². The molecule has 232 valence electrons. The van der Waals surface area contributed by atoms with Crippen LogP contribution in [0.2, 0.25) is 0 Å². The molecule has 0 aromatic rings. The summed E-state index contributed by atoms with van der Waals surface area (Å²) in [5.41, 5.74) is -10.8. The molecule has 2 rings (SSSR count). The number of nitrogens with one attached hydrogen (secondary N) is 4. The zero-order valence-corrected chi connectivity index (χ0v) is 24.5. The molecule has 2 saturated heterocycles. The summed E-state index contributed by atoms with van der Waals surface area (Å²) in [6.07, 6.45) is 6.93. The van der Waals surface area contributed by atoms with Crippen molar-refractivity contribution in [1.82, 2.24) is 9.80 Å². The molecular formula is C20H44F6N6O4S2. The van der Waals surface area contributed by atoms with Gasteiger partial charge in [0.15, 0.2) is 0 Å². The minimum atomic E-state index is -5.59. The highest BCUT2D eigenvalue weighted by Crippen LogP contribution is 2.21. The van der Waals surface area contributed by atoms with E-state index >= 15 is 0 Å². The Balaban J connectivity index is 0. The fourth-order valence-corrected chi connectivity index (χ4v) is 3.54. The van der Waals surface area contributed by atoms with Gasteiger partial charge in [-0.05, 0) is 26.9 Å². The second-order valence-electron chi connectivity index (χ2n) is 9.24. The SMILES string of the molecule is CCCC[NH+]1CCN(C)C1C.CCCC[NH+]1CCN(C)C1C.N=S(=O)([O-])C(F)(F)F.N=S(=O)([O-])C(F)(F)F. The monoisotopic (exact) mass is 610 g/mol. The van der Waals surface area contributed by atoms with Gasteiger partial charge in [0.05, 0.1) is 59.3 Å². The first-order chi connectivity index (χ1) is 17.0. The Kier molecular flexibility index (Phi) is 17.8. The van der Waals surface area contributed by atoms with Gasteiger partial charge < -0.3 is 18.9 Å². The predicted molar refractivity (Wildman–Crippen MR) is 131 cm³/mol. The van der Waals surface area contributed by atoms with Gasteiger partial charge in [0.2, 0.25) is 0 Å². The highest BCUT2D eigenvalue weighted by molar-refractivity contribution is 7.87. The molecule has 0 amide bonds. The van der Waals surface area contributed by atoms with Gasteiger partial charge in [0.25, 0.3) is 0 Å². The molecule has 18 heteroatoms. The second kappa shape index (κ2) is 17.1. The van der Waals surface area contributed by atoms with E-state index in [0.717, 1.165) is 12.3 Å². The maximum absolute atomic E-state index is 10.8. The van der Waals surface area contributed by atoms with E-state index < -0.39 is 31.0 Å². The van der Waals surface area contributed by atoms with Gasteiger partial charge in [-0.1, -0.05) is 26.7 Å². The fourth-order valence-electron chi connectivity index (χ4n) is 3.54. The molecule has 0 aliphatic carbocycles. The van der Waals surface area contributed by atoms with E-state index in [1.165, 1.54) is 65.0 Å². The number of quaternary nitrogens is 2. The van der Waals surface area contributed by atoms with E-state index in [-0.39, 0.29) is 0 Å². The van der Waals surface area contributed by atoms with Crippen LogP contribution in [0, 0.1) is 9.56 Å². The van der Waals surface area contributed by atoms with Crippen LogP contribution in [0.3, 0.4) is 0 Å². The van der Waals surface area contributed by atoms with Crippen molar-refractivity contribution in [1.29, 1.82) is 9.56 Å². The first-order valence-corrected chi connectivity index (χ1v) is 15.2. The minimum Gasteiger partial charge on any atom is -0.758 e. The van der Waals surface area contributed by atoms with Gasteiger partial charge in [-0.25, -0.2) is 0 Å². The summed E-state index contributed by atoms with van der Waals surface area (Å²) in [4.78, 5) is 8.44. The van der Waals surface area contributed by atoms with Gasteiger partial charge in [-0.15, -0.1) is 0 Å². The molecule has 0 spiro atoms. The van der Waals surface area contributed by atoms with E-state index in [2.05, 4.69) is 51.6 Å². The quantitative estimate of drug-likeness (QED) is 0.334. The Morgan fingerprint density at radius 1 is 0.763 bits per heavy atom. The van der Waals surface area contributed by atoms with Crippen LogP contribution in [0.4, 0.5) is 26.3 Å². The molecule has 10 nitrogen and oxygen atoms in total. The largest absolute Gasteiger partial charge is 0.758 e. The maximum Gasteiger partial charge on any atom is 0.466 e. The maximum atomic E-state index is 10.8. The molecule has 2 aliphatic rings. The van der Waals surface area contributed by atoms with E-state index in [4.69, 9.17) is 9.56 Å². The first kappa shape index (κ1) is 39.4. The number of halogens is 6.